The summed E-state index contributed by atoms with van der Waals surface area (Å²) < 4.78 is 22.5. The molecule has 4 aromatic rings. The summed E-state index contributed by atoms with van der Waals surface area (Å²) in [7, 11) is 0. The molecule has 6 rings (SSSR count). The van der Waals surface area contributed by atoms with Crippen molar-refractivity contribution in [2.24, 2.45) is 11.1 Å². The fourth-order valence-corrected chi connectivity index (χ4v) is 8.20. The summed E-state index contributed by atoms with van der Waals surface area (Å²) in [4.78, 5) is 92.6. The molecule has 1 saturated carbocycles. The Bertz CT molecular complexity index is 2340. The maximum atomic E-state index is 15.3. The number of hydrogen-bond acceptors (Lipinski definition) is 10. The van der Waals surface area contributed by atoms with E-state index in [-0.39, 0.29) is 62.9 Å². The molecule has 2 aromatic heterocycles. The molecule has 2 fully saturated rings. The smallest absolute Gasteiger partial charge is 0.410 e. The number of ether oxygens (including phenoxy) is 1. The number of carboxylic acids is 1. The molecule has 2 atom stereocenters. The Balaban J connectivity index is 1.02. The molecule has 7 N–H and O–H groups in total. The second-order valence-corrected chi connectivity index (χ2v) is 15.9. The summed E-state index contributed by atoms with van der Waals surface area (Å²) >= 11 is 1.51. The Labute approximate surface area is 354 Å². The van der Waals surface area contributed by atoms with Gasteiger partial charge in [0.15, 0.2) is 0 Å². The Morgan fingerprint density at radius 1 is 1.00 bits per heavy atom. The Kier molecular flexibility index (Phi) is 13.9. The number of carbonyl (C=O) groups is 6. The number of halogens is 1. The van der Waals surface area contributed by atoms with Gasteiger partial charge < -0.3 is 51.2 Å². The molecule has 1 saturated heterocycles. The summed E-state index contributed by atoms with van der Waals surface area (Å²) in [5, 5.41) is 24.3. The van der Waals surface area contributed by atoms with Gasteiger partial charge >= 0.3 is 18.1 Å². The molecule has 2 aliphatic rings. The molecule has 6 amide bonds. The Hall–Kier alpha value is -6.50. The number of fused-ring (bicyclic) bond motifs is 1. The fraction of sp³-hybridized carbons (Fsp3) is 0.405. The lowest BCUT2D eigenvalue weighted by Gasteiger charge is -2.40. The van der Waals surface area contributed by atoms with E-state index in [9.17, 15) is 38.7 Å². The van der Waals surface area contributed by atoms with E-state index in [1.807, 2.05) is 23.8 Å². The van der Waals surface area contributed by atoms with E-state index in [2.05, 4.69) is 21.3 Å². The number of carbonyl (C=O) groups excluding carboxylic acids is 5. The number of piperazine rings is 1. The minimum atomic E-state index is -1.39. The van der Waals surface area contributed by atoms with Crippen molar-refractivity contribution in [1.82, 2.24) is 25.4 Å². The first-order chi connectivity index (χ1) is 29.2. The number of urea groups is 1. The summed E-state index contributed by atoms with van der Waals surface area (Å²) in [6, 6.07) is 9.03. The molecule has 0 radical (unpaired) electrons. The molecule has 19 heteroatoms. The molecule has 0 spiro atoms. The van der Waals surface area contributed by atoms with Crippen molar-refractivity contribution in [2.75, 3.05) is 42.9 Å². The van der Waals surface area contributed by atoms with E-state index in [0.29, 0.717) is 49.0 Å². The third-order valence-electron chi connectivity index (χ3n) is 11.2. The van der Waals surface area contributed by atoms with Crippen LogP contribution in [0, 0.1) is 11.2 Å². The highest BCUT2D eigenvalue weighted by atomic mass is 32.1. The molecule has 0 bridgehead atoms. The predicted molar refractivity (Wildman–Crippen MR) is 226 cm³/mol. The van der Waals surface area contributed by atoms with E-state index in [1.165, 1.54) is 28.5 Å². The number of carboxylic acid groups (broad SMARTS) is 1. The van der Waals surface area contributed by atoms with Crippen molar-refractivity contribution in [3.63, 3.8) is 0 Å². The molecule has 1 aliphatic heterocycles. The van der Waals surface area contributed by atoms with Crippen LogP contribution in [-0.2, 0) is 32.3 Å². The number of thiophene rings is 1. The zero-order valence-electron chi connectivity index (χ0n) is 33.8. The standard InChI is InChI=1S/C42H49FN8O9S/c1-3-49-22-30(37(54)55)35(52)29-20-31(43)34(21-33(29)49)50-15-17-51(18-16-50)41(59)60-23-26-7-9-28(10-8-26)47-36(53)32(6-4-14-45-40(44)58)48-39(57)42(12-5-13-42)38(56)46-25(2)27-11-19-61-24-27/h7-11,19-22,24-25,32H,3-6,12-18,23H2,1-2H3,(H,46,56)(H,47,53)(H,48,57)(H,54,55)(H3,44,45,58). The third-order valence-corrected chi connectivity index (χ3v) is 11.9. The number of aromatic carboxylic acids is 1. The zero-order valence-corrected chi connectivity index (χ0v) is 34.6. The van der Waals surface area contributed by atoms with Gasteiger partial charge in [0.25, 0.3) is 0 Å². The summed E-state index contributed by atoms with van der Waals surface area (Å²) in [5.41, 5.74) is 5.29. The van der Waals surface area contributed by atoms with Crippen LogP contribution in [0.3, 0.4) is 0 Å². The number of aryl methyl sites for hydroxylation is 1. The summed E-state index contributed by atoms with van der Waals surface area (Å²) in [6.07, 6.45) is 2.52. The van der Waals surface area contributed by atoms with Crippen molar-refractivity contribution < 1.29 is 43.0 Å². The van der Waals surface area contributed by atoms with Gasteiger partial charge in [-0.3, -0.25) is 19.2 Å². The van der Waals surface area contributed by atoms with Gasteiger partial charge in [-0.15, -0.1) is 0 Å². The number of nitrogens with zero attached hydrogens (tertiary/aromatic N) is 3. The number of benzene rings is 2. The van der Waals surface area contributed by atoms with Crippen molar-refractivity contribution in [1.29, 1.82) is 0 Å². The van der Waals surface area contributed by atoms with Crippen LogP contribution in [0.5, 0.6) is 0 Å². The van der Waals surface area contributed by atoms with Crippen LogP contribution in [0.4, 0.5) is 25.4 Å². The highest BCUT2D eigenvalue weighted by Gasteiger charge is 2.51. The van der Waals surface area contributed by atoms with Gasteiger partial charge in [0.05, 0.1) is 17.2 Å². The molecule has 2 unspecified atom stereocenters. The van der Waals surface area contributed by atoms with Crippen LogP contribution in [0.15, 0.2) is 64.2 Å². The van der Waals surface area contributed by atoms with E-state index in [1.54, 1.807) is 40.7 Å². The highest BCUT2D eigenvalue weighted by molar-refractivity contribution is 7.08. The topological polar surface area (TPSA) is 234 Å². The van der Waals surface area contributed by atoms with Gasteiger partial charge in [-0.25, -0.2) is 18.8 Å². The summed E-state index contributed by atoms with van der Waals surface area (Å²) in [5.74, 6) is -3.53. The Morgan fingerprint density at radius 3 is 2.31 bits per heavy atom. The minimum absolute atomic E-state index is 0.0279. The fourth-order valence-electron chi connectivity index (χ4n) is 7.45. The van der Waals surface area contributed by atoms with Gasteiger partial charge in [0.2, 0.25) is 23.2 Å². The van der Waals surface area contributed by atoms with Crippen LogP contribution >= 0.6 is 11.3 Å². The zero-order chi connectivity index (χ0) is 43.8. The normalized spacial score (nSPS) is 15.5. The van der Waals surface area contributed by atoms with E-state index >= 15 is 4.39 Å². The van der Waals surface area contributed by atoms with E-state index in [4.69, 9.17) is 10.5 Å². The third kappa shape index (κ3) is 10.1. The minimum Gasteiger partial charge on any atom is -0.477 e. The van der Waals surface area contributed by atoms with Gasteiger partial charge in [-0.2, -0.15) is 11.3 Å². The number of primary amides is 1. The molecule has 17 nitrogen and oxygen atoms in total. The second-order valence-electron chi connectivity index (χ2n) is 15.1. The molecule has 3 heterocycles. The number of rotatable bonds is 16. The Morgan fingerprint density at radius 2 is 1.70 bits per heavy atom. The molecule has 324 valence electrons. The molecule has 2 aromatic carbocycles. The number of anilines is 2. The maximum Gasteiger partial charge on any atom is 0.410 e. The van der Waals surface area contributed by atoms with Gasteiger partial charge in [-0.05, 0) is 91.7 Å². The van der Waals surface area contributed by atoms with Crippen LogP contribution < -0.4 is 37.3 Å². The lowest BCUT2D eigenvalue weighted by atomic mass is 9.67. The number of nitrogens with one attached hydrogen (secondary N) is 4. The molecular formula is C42H49FN8O9S. The number of hydrogen-bond donors (Lipinski definition) is 6. The van der Waals surface area contributed by atoms with Gasteiger partial charge in [-0.1, -0.05) is 18.6 Å². The average molecular weight is 861 g/mol. The number of aromatic nitrogens is 1. The lowest BCUT2D eigenvalue weighted by Crippen LogP contribution is -2.58. The van der Waals surface area contributed by atoms with E-state index in [0.717, 1.165) is 11.6 Å². The first kappa shape index (κ1) is 44.1. The van der Waals surface area contributed by atoms with Crippen LogP contribution in [0.2, 0.25) is 0 Å². The first-order valence-corrected chi connectivity index (χ1v) is 21.0. The van der Waals surface area contributed by atoms with Gasteiger partial charge in [0.1, 0.15) is 29.4 Å². The van der Waals surface area contributed by atoms with Crippen molar-refractivity contribution >= 4 is 69.4 Å². The monoisotopic (exact) mass is 860 g/mol. The van der Waals surface area contributed by atoms with Gasteiger partial charge in [0, 0.05) is 56.5 Å². The predicted octanol–water partition coefficient (Wildman–Crippen LogP) is 4.30. The second kappa shape index (κ2) is 19.3. The highest BCUT2D eigenvalue weighted by Crippen LogP contribution is 2.42. The van der Waals surface area contributed by atoms with Crippen molar-refractivity contribution in [3.8, 4) is 0 Å². The molecule has 61 heavy (non-hydrogen) atoms. The number of amides is 6. The molecule has 1 aliphatic carbocycles. The largest absolute Gasteiger partial charge is 0.477 e. The quantitative estimate of drug-likeness (QED) is 0.0691. The van der Waals surface area contributed by atoms with Crippen molar-refractivity contribution in [2.45, 2.75) is 71.2 Å². The first-order valence-electron chi connectivity index (χ1n) is 20.0. The lowest BCUT2D eigenvalue weighted by molar-refractivity contribution is -0.151. The molecular weight excluding hydrogens is 812 g/mol. The number of nitrogens with two attached hydrogens (primary N) is 1. The average Bonchev–Trinajstić information content (AvgIpc) is 3.77. The summed E-state index contributed by atoms with van der Waals surface area (Å²) in [6.45, 7) is 5.12. The van der Waals surface area contributed by atoms with E-state index < -0.39 is 64.1 Å². The maximum absolute atomic E-state index is 15.3. The van der Waals surface area contributed by atoms with Crippen LogP contribution in [-0.4, -0.2) is 89.2 Å². The van der Waals surface area contributed by atoms with Crippen molar-refractivity contribution in [3.05, 3.63) is 92.2 Å². The number of pyridine rings is 1. The van der Waals surface area contributed by atoms with Crippen LogP contribution in [0.1, 0.15) is 73.5 Å². The SMILES string of the molecule is CCn1cc(C(=O)O)c(=O)c2cc(F)c(N3CCN(C(=O)OCc4ccc(NC(=O)C(CCCNC(N)=O)NC(=O)C5(C(=O)NC(C)c6ccsc6)CCC5)cc4)CC3)cc21. The van der Waals surface area contributed by atoms with Crippen LogP contribution in [0.25, 0.3) is 10.9 Å².